The molecule has 462 valence electrons. The van der Waals surface area contributed by atoms with Gasteiger partial charge in [-0.3, -0.25) is 18.7 Å². The molecule has 6 aromatic carbocycles. The molecule has 0 spiro atoms. The molecule has 0 atom stereocenters. The van der Waals surface area contributed by atoms with E-state index in [1.165, 1.54) is 21.8 Å². The third-order valence-corrected chi connectivity index (χ3v) is 14.3. The molecular formula is C64H63F4N16O6+. The second-order valence-electron chi connectivity index (χ2n) is 21.1. The van der Waals surface area contributed by atoms with Gasteiger partial charge in [0.15, 0.2) is 29.8 Å². The number of aromatic nitrogens is 8. The number of aliphatic hydroxyl groups is 1. The number of alkyl carbamates (subject to hydrolysis) is 1. The number of carbonyl (C=O) groups is 4. The molecule has 12 rings (SSSR count). The number of halogens is 4. The normalized spacial score (nSPS) is 12.1. The van der Waals surface area contributed by atoms with Gasteiger partial charge >= 0.3 is 12.1 Å². The predicted octanol–water partition coefficient (Wildman–Crippen LogP) is 7.79. The zero-order chi connectivity index (χ0) is 64.2. The summed E-state index contributed by atoms with van der Waals surface area (Å²) < 4.78 is 66.0. The number of carbonyl (C=O) groups excluding carboxylic acids is 4. The molecule has 4 aromatic heterocycles. The van der Waals surface area contributed by atoms with Gasteiger partial charge in [0.05, 0.1) is 24.2 Å². The number of fused-ring (bicyclic) bond motifs is 4. The number of rotatable bonds is 12. The summed E-state index contributed by atoms with van der Waals surface area (Å²) in [4.78, 5) is 80.2. The highest BCUT2D eigenvalue weighted by atomic mass is 19.2. The maximum Gasteiger partial charge on any atom is 0.407 e. The summed E-state index contributed by atoms with van der Waals surface area (Å²) in [5.41, 5.74) is 24.4. The lowest BCUT2D eigenvalue weighted by Crippen LogP contribution is -2.31. The van der Waals surface area contributed by atoms with E-state index >= 15 is 0 Å². The van der Waals surface area contributed by atoms with Crippen LogP contribution < -0.4 is 22.5 Å². The predicted molar refractivity (Wildman–Crippen MR) is 329 cm³/mol. The first-order valence-corrected chi connectivity index (χ1v) is 28.0. The van der Waals surface area contributed by atoms with Gasteiger partial charge < -0.3 is 47.1 Å². The molecule has 8 N–H and O–H groups in total. The third-order valence-electron chi connectivity index (χ3n) is 14.3. The topological polar surface area (TPSA) is 288 Å². The van der Waals surface area contributed by atoms with Crippen molar-refractivity contribution < 1.29 is 51.2 Å². The van der Waals surface area contributed by atoms with E-state index in [4.69, 9.17) is 21.9 Å². The number of likely N-dealkylation sites (N-methyl/N-ethyl adjacent to an activating group) is 2. The molecule has 0 saturated heterocycles. The Morgan fingerprint density at radius 3 is 1.47 bits per heavy atom. The van der Waals surface area contributed by atoms with Crippen LogP contribution in [0.3, 0.4) is 0 Å². The largest absolute Gasteiger partial charge is 0.445 e. The van der Waals surface area contributed by atoms with Crippen LogP contribution >= 0.6 is 0 Å². The molecule has 0 bridgehead atoms. The van der Waals surface area contributed by atoms with Gasteiger partial charge in [0.1, 0.15) is 44.4 Å². The summed E-state index contributed by atoms with van der Waals surface area (Å²) in [7, 11) is 5.63. The number of hydrogen-bond donors (Lipinski definition) is 5. The fourth-order valence-electron chi connectivity index (χ4n) is 9.84. The third kappa shape index (κ3) is 15.3. The summed E-state index contributed by atoms with van der Waals surface area (Å²) in [5, 5.41) is 13.1. The quantitative estimate of drug-likeness (QED) is 0.0443. The zero-order valence-electron chi connectivity index (χ0n) is 49.2. The van der Waals surface area contributed by atoms with Crippen molar-refractivity contribution in [2.45, 2.75) is 39.4 Å². The minimum Gasteiger partial charge on any atom is -0.445 e. The first kappa shape index (κ1) is 63.7. The standard InChI is InChI=1S/C29H28F2N6O3.C24H18F2N4O2.C7H6N4O.C4H11N2/c1-36(2)10-9-33-29(39)40-16-20-12-23(30)24(31)13-21(20)17-7-8-25-22(11-17)26(35-28(32)34-25)27(38)37-14-18-5-3-4-6-19(18)15-37;25-19-8-16(12-31)17(9-20(19)26)13-5-6-21-18(7-13)22(29-24(27)28-21)23(32)30-10-14-3-1-2-4-15(14)11-30;12-7(10-3-1-8-5-10)11-4-2-9-6-11;1-6(2)4-3-5/h3-8,11-13H,9-10,14-16H2,1-2H3,(H,33,39)(H2,32,34,35);1-9,31H,10-12H2,(H2,27,28,29);1-6H;1,3-5H2,2H3/q;;;+1. The molecule has 2 aliphatic heterocycles. The van der Waals surface area contributed by atoms with Gasteiger partial charge in [0, 0.05) is 80.4 Å². The Hall–Kier alpha value is -10.8. The molecule has 3 amide bonds. The van der Waals surface area contributed by atoms with Crippen molar-refractivity contribution in [1.82, 2.24) is 59.1 Å². The highest BCUT2D eigenvalue weighted by Crippen LogP contribution is 2.34. The average Bonchev–Trinajstić information content (AvgIpc) is 1.04. The van der Waals surface area contributed by atoms with Crippen molar-refractivity contribution in [3.8, 4) is 22.3 Å². The van der Waals surface area contributed by atoms with Gasteiger partial charge in [-0.2, -0.15) is 0 Å². The molecule has 6 heterocycles. The summed E-state index contributed by atoms with van der Waals surface area (Å²) in [6, 6.07) is 29.3. The Bertz CT molecular complexity index is 4200. The Morgan fingerprint density at radius 1 is 0.644 bits per heavy atom. The van der Waals surface area contributed by atoms with E-state index in [1.807, 2.05) is 74.6 Å². The number of anilines is 2. The fraction of sp³-hybridized carbons (Fsp3) is 0.203. The van der Waals surface area contributed by atoms with Crippen LogP contribution in [0, 0.1) is 23.3 Å². The Labute approximate surface area is 513 Å². The van der Waals surface area contributed by atoms with Crippen LogP contribution in [0.4, 0.5) is 39.0 Å². The second-order valence-corrected chi connectivity index (χ2v) is 21.1. The second kappa shape index (κ2) is 28.8. The highest BCUT2D eigenvalue weighted by molar-refractivity contribution is 6.07. The zero-order valence-corrected chi connectivity index (χ0v) is 49.2. The van der Waals surface area contributed by atoms with E-state index in [-0.39, 0.29) is 58.9 Å². The van der Waals surface area contributed by atoms with Crippen molar-refractivity contribution in [3.63, 3.8) is 0 Å². The molecule has 26 heteroatoms. The van der Waals surface area contributed by atoms with Crippen LogP contribution in [0.2, 0.25) is 0 Å². The lowest BCUT2D eigenvalue weighted by atomic mass is 9.97. The lowest BCUT2D eigenvalue weighted by Gasteiger charge is -2.17. The first-order chi connectivity index (χ1) is 43.3. The number of amides is 3. The lowest BCUT2D eigenvalue weighted by molar-refractivity contribution is -0.485. The first-order valence-electron chi connectivity index (χ1n) is 28.0. The molecule has 0 fully saturated rings. The van der Waals surface area contributed by atoms with E-state index in [0.29, 0.717) is 89.9 Å². The van der Waals surface area contributed by atoms with Crippen LogP contribution in [0.15, 0.2) is 147 Å². The molecule has 0 saturated carbocycles. The van der Waals surface area contributed by atoms with Crippen LogP contribution in [0.1, 0.15) is 54.4 Å². The van der Waals surface area contributed by atoms with Crippen LogP contribution in [0.25, 0.3) is 44.1 Å². The Balaban J connectivity index is 0.000000169. The van der Waals surface area contributed by atoms with Gasteiger partial charge in [-0.05, 0) is 113 Å². The minimum atomic E-state index is -1.07. The van der Waals surface area contributed by atoms with Gasteiger partial charge in [0.2, 0.25) is 11.9 Å². The number of nitrogens with two attached hydrogens (primary N) is 3. The van der Waals surface area contributed by atoms with E-state index < -0.39 is 36.0 Å². The number of nitrogens with zero attached hydrogens (tertiary/aromatic N) is 12. The number of benzene rings is 6. The molecule has 22 nitrogen and oxygen atoms in total. The minimum absolute atomic E-state index is 0.0332. The average molecular weight is 1230 g/mol. The van der Waals surface area contributed by atoms with E-state index in [0.717, 1.165) is 53.1 Å². The molecule has 0 radical (unpaired) electrons. The molecule has 10 aromatic rings. The van der Waals surface area contributed by atoms with Crippen molar-refractivity contribution in [3.05, 3.63) is 215 Å². The van der Waals surface area contributed by atoms with E-state index in [9.17, 15) is 41.8 Å². The van der Waals surface area contributed by atoms with Crippen molar-refractivity contribution in [2.24, 2.45) is 5.73 Å². The molecule has 0 unspecified atom stereocenters. The maximum absolute atomic E-state index is 14.4. The summed E-state index contributed by atoms with van der Waals surface area (Å²) in [6.45, 7) is 7.13. The highest BCUT2D eigenvalue weighted by Gasteiger charge is 2.29. The Kier molecular flexibility index (Phi) is 20.4. The number of hydrogen-bond acceptors (Lipinski definition) is 16. The number of imidazole rings is 2. The SMILES string of the molecule is C=[N+](C)CCN.CN(C)CCNC(=O)OCc1cc(F)c(F)cc1-c1ccc2nc(N)nc(C(=O)N3Cc4ccccc4C3)c2c1.Nc1nc(C(=O)N2Cc3ccccc3C2)c2cc(-c3cc(F)c(F)cc3CO)ccc2n1.O=C(n1ccnc1)n1ccnc1. The van der Waals surface area contributed by atoms with Crippen LogP contribution in [0.5, 0.6) is 0 Å². The van der Waals surface area contributed by atoms with E-state index in [2.05, 4.69) is 41.9 Å². The smallest absolute Gasteiger partial charge is 0.407 e. The van der Waals surface area contributed by atoms with Gasteiger partial charge in [0.25, 0.3) is 11.8 Å². The maximum atomic E-state index is 14.4. The number of aliphatic hydroxyl groups excluding tert-OH is 1. The number of nitrogen functional groups attached to an aromatic ring is 2. The number of nitrogens with one attached hydrogen (secondary N) is 1. The molecule has 0 aliphatic carbocycles. The summed E-state index contributed by atoms with van der Waals surface area (Å²) >= 11 is 0. The summed E-state index contributed by atoms with van der Waals surface area (Å²) in [6.07, 6.45) is 8.48. The Morgan fingerprint density at radius 2 is 1.08 bits per heavy atom. The van der Waals surface area contributed by atoms with Gasteiger partial charge in [-0.25, -0.2) is 61.6 Å². The molecular weight excluding hydrogens is 1160 g/mol. The van der Waals surface area contributed by atoms with Crippen molar-refractivity contribution in [2.75, 3.05) is 58.8 Å². The number of ether oxygens (including phenoxy) is 1. The fourth-order valence-corrected chi connectivity index (χ4v) is 9.84. The van der Waals surface area contributed by atoms with Gasteiger partial charge in [-0.15, -0.1) is 0 Å². The van der Waals surface area contributed by atoms with Gasteiger partial charge in [-0.1, -0.05) is 60.7 Å². The monoisotopic (exact) mass is 1230 g/mol. The molecule has 2 aliphatic rings. The van der Waals surface area contributed by atoms with E-state index in [1.54, 1.807) is 75.6 Å². The van der Waals surface area contributed by atoms with Crippen molar-refractivity contribution in [1.29, 1.82) is 0 Å². The summed E-state index contributed by atoms with van der Waals surface area (Å²) in [5.74, 6) is -4.92. The molecule has 90 heavy (non-hydrogen) atoms. The van der Waals surface area contributed by atoms with Crippen molar-refractivity contribution >= 4 is 64.4 Å². The van der Waals surface area contributed by atoms with Crippen LogP contribution in [-0.4, -0.2) is 141 Å². The van der Waals surface area contributed by atoms with Crippen LogP contribution in [-0.2, 0) is 44.1 Å².